The van der Waals surface area contributed by atoms with Crippen LogP contribution in [0, 0.1) is 12.5 Å². The molecule has 0 N–H and O–H groups in total. The summed E-state index contributed by atoms with van der Waals surface area (Å²) < 4.78 is 9.56. The summed E-state index contributed by atoms with van der Waals surface area (Å²) in [5, 5.41) is 0. The molecule has 4 heteroatoms. The summed E-state index contributed by atoms with van der Waals surface area (Å²) in [6.45, 7) is 0. The summed E-state index contributed by atoms with van der Waals surface area (Å²) in [6.07, 6.45) is 6.66. The quantitative estimate of drug-likeness (QED) is 0.487. The highest BCUT2D eigenvalue weighted by atomic mass is 16.5. The monoisotopic (exact) mass is 266 g/mol. The number of carbonyl (C=O) groups is 2. The molecule has 0 unspecified atom stereocenters. The van der Waals surface area contributed by atoms with Gasteiger partial charge in [0.25, 0.3) is 0 Å². The smallest absolute Gasteiger partial charge is 0.352 e. The first-order valence-electron chi connectivity index (χ1n) is 5.75. The molecular formula is C16H10O4. The standard InChI is InChI=1S/C16H10O4/c1-2-19-15(17)12-8-10-13(11-9-12)16(18)20-14-6-4-3-5-7-14/h1,3-11H. The minimum atomic E-state index is -0.643. The second kappa shape index (κ2) is 6.21. The predicted octanol–water partition coefficient (Wildman–Crippen LogP) is 2.65. The van der Waals surface area contributed by atoms with Crippen molar-refractivity contribution < 1.29 is 19.1 Å². The van der Waals surface area contributed by atoms with Crippen LogP contribution in [0.15, 0.2) is 54.6 Å². The number of esters is 2. The van der Waals surface area contributed by atoms with Crippen molar-refractivity contribution in [3.8, 4) is 18.3 Å². The highest BCUT2D eigenvalue weighted by Gasteiger charge is 2.11. The van der Waals surface area contributed by atoms with E-state index >= 15 is 0 Å². The summed E-state index contributed by atoms with van der Waals surface area (Å²) in [7, 11) is 0. The lowest BCUT2D eigenvalue weighted by atomic mass is 10.1. The zero-order valence-corrected chi connectivity index (χ0v) is 10.4. The van der Waals surface area contributed by atoms with E-state index in [1.54, 1.807) is 30.4 Å². The molecule has 0 bridgehead atoms. The maximum atomic E-state index is 11.9. The molecule has 0 aliphatic carbocycles. The minimum absolute atomic E-state index is 0.263. The SMILES string of the molecule is C#COC(=O)c1ccc(C(=O)Oc2ccccc2)cc1. The van der Waals surface area contributed by atoms with Crippen molar-refractivity contribution in [1.82, 2.24) is 0 Å². The van der Waals surface area contributed by atoms with Gasteiger partial charge in [0.1, 0.15) is 11.9 Å². The van der Waals surface area contributed by atoms with E-state index in [-0.39, 0.29) is 5.56 Å². The van der Waals surface area contributed by atoms with Crippen molar-refractivity contribution >= 4 is 11.9 Å². The van der Waals surface area contributed by atoms with Crippen molar-refractivity contribution in [2.24, 2.45) is 0 Å². The lowest BCUT2D eigenvalue weighted by Gasteiger charge is -2.04. The van der Waals surface area contributed by atoms with Crippen LogP contribution in [-0.4, -0.2) is 11.9 Å². The molecule has 2 aromatic rings. The summed E-state index contributed by atoms with van der Waals surface area (Å²) in [5.74, 6) is -0.697. The fourth-order valence-corrected chi connectivity index (χ4v) is 1.51. The maximum absolute atomic E-state index is 11.9. The van der Waals surface area contributed by atoms with Crippen molar-refractivity contribution in [2.75, 3.05) is 0 Å². The molecule has 98 valence electrons. The van der Waals surface area contributed by atoms with Crippen molar-refractivity contribution in [3.05, 3.63) is 65.7 Å². The lowest BCUT2D eigenvalue weighted by molar-refractivity contribution is 0.0687. The molecule has 0 aromatic heterocycles. The van der Waals surface area contributed by atoms with Crippen LogP contribution < -0.4 is 4.74 Å². The molecule has 0 spiro atoms. The fraction of sp³-hybridized carbons (Fsp3) is 0. The Morgan fingerprint density at radius 2 is 1.40 bits per heavy atom. The van der Waals surface area contributed by atoms with E-state index < -0.39 is 11.9 Å². The molecule has 0 atom stereocenters. The second-order valence-corrected chi connectivity index (χ2v) is 3.79. The Bertz CT molecular complexity index is 651. The first-order chi connectivity index (χ1) is 9.70. The number of carbonyl (C=O) groups excluding carboxylic acids is 2. The Labute approximate surface area is 115 Å². The first kappa shape index (κ1) is 13.4. The summed E-state index contributed by atoms with van der Waals surface area (Å²) in [6, 6.07) is 14.5. The highest BCUT2D eigenvalue weighted by Crippen LogP contribution is 2.12. The van der Waals surface area contributed by atoms with E-state index in [9.17, 15) is 9.59 Å². The molecule has 0 heterocycles. The first-order valence-corrected chi connectivity index (χ1v) is 5.75. The van der Waals surface area contributed by atoms with Crippen LogP contribution in [0.1, 0.15) is 20.7 Å². The number of terminal acetylenes is 1. The predicted molar refractivity (Wildman–Crippen MR) is 72.1 cm³/mol. The van der Waals surface area contributed by atoms with Gasteiger partial charge in [-0.15, -0.1) is 0 Å². The van der Waals surface area contributed by atoms with E-state index in [0.29, 0.717) is 11.3 Å². The Kier molecular flexibility index (Phi) is 4.15. The van der Waals surface area contributed by atoms with Crippen molar-refractivity contribution in [2.45, 2.75) is 0 Å². The lowest BCUT2D eigenvalue weighted by Crippen LogP contribution is -2.09. The van der Waals surface area contributed by atoms with Gasteiger partial charge < -0.3 is 9.47 Å². The van der Waals surface area contributed by atoms with Gasteiger partial charge in [0.05, 0.1) is 11.1 Å². The Morgan fingerprint density at radius 1 is 0.850 bits per heavy atom. The van der Waals surface area contributed by atoms with Crippen LogP contribution in [-0.2, 0) is 4.74 Å². The van der Waals surface area contributed by atoms with E-state index in [1.165, 1.54) is 24.3 Å². The topological polar surface area (TPSA) is 52.6 Å². The van der Waals surface area contributed by atoms with Gasteiger partial charge in [0.2, 0.25) is 0 Å². The largest absolute Gasteiger partial charge is 0.423 e. The van der Waals surface area contributed by atoms with Crippen LogP contribution >= 0.6 is 0 Å². The van der Waals surface area contributed by atoms with Crippen LogP contribution in [0.3, 0.4) is 0 Å². The van der Waals surface area contributed by atoms with Gasteiger partial charge in [-0.3, -0.25) is 0 Å². The van der Waals surface area contributed by atoms with Gasteiger partial charge in [0, 0.05) is 0 Å². The van der Waals surface area contributed by atoms with E-state index in [1.807, 2.05) is 6.07 Å². The van der Waals surface area contributed by atoms with Gasteiger partial charge in [-0.2, -0.15) is 0 Å². The third-order valence-electron chi connectivity index (χ3n) is 2.46. The number of rotatable bonds is 3. The van der Waals surface area contributed by atoms with Crippen molar-refractivity contribution in [3.63, 3.8) is 0 Å². The fourth-order valence-electron chi connectivity index (χ4n) is 1.51. The van der Waals surface area contributed by atoms with E-state index in [0.717, 1.165) is 0 Å². The van der Waals surface area contributed by atoms with Crippen LogP contribution in [0.5, 0.6) is 5.75 Å². The molecule has 4 nitrogen and oxygen atoms in total. The van der Waals surface area contributed by atoms with E-state index in [2.05, 4.69) is 4.74 Å². The molecule has 0 aliphatic heterocycles. The molecule has 0 fully saturated rings. The molecular weight excluding hydrogens is 256 g/mol. The second-order valence-electron chi connectivity index (χ2n) is 3.79. The molecule has 0 saturated carbocycles. The number of benzene rings is 2. The molecule has 0 saturated heterocycles. The molecule has 20 heavy (non-hydrogen) atoms. The van der Waals surface area contributed by atoms with Gasteiger partial charge in [-0.1, -0.05) is 24.6 Å². The number of ether oxygens (including phenoxy) is 2. The van der Waals surface area contributed by atoms with Crippen LogP contribution in [0.25, 0.3) is 0 Å². The molecule has 0 amide bonds. The Balaban J connectivity index is 2.08. The zero-order valence-electron chi connectivity index (χ0n) is 10.4. The Morgan fingerprint density at radius 3 is 1.95 bits per heavy atom. The summed E-state index contributed by atoms with van der Waals surface area (Å²) in [4.78, 5) is 23.2. The molecule has 2 rings (SSSR count). The zero-order chi connectivity index (χ0) is 14.4. The molecule has 0 radical (unpaired) electrons. The minimum Gasteiger partial charge on any atom is -0.423 e. The van der Waals surface area contributed by atoms with Crippen LogP contribution in [0.2, 0.25) is 0 Å². The normalized spacial score (nSPS) is 9.35. The summed E-state index contributed by atoms with van der Waals surface area (Å²) in [5.41, 5.74) is 0.588. The number of hydrogen-bond acceptors (Lipinski definition) is 4. The maximum Gasteiger partial charge on any atom is 0.352 e. The van der Waals surface area contributed by atoms with Gasteiger partial charge in [0.15, 0.2) is 0 Å². The third-order valence-corrected chi connectivity index (χ3v) is 2.46. The Hall–Kier alpha value is -3.06. The van der Waals surface area contributed by atoms with Gasteiger partial charge in [-0.05, 0) is 36.4 Å². The van der Waals surface area contributed by atoms with Crippen molar-refractivity contribution in [1.29, 1.82) is 0 Å². The van der Waals surface area contributed by atoms with Crippen LogP contribution in [0.4, 0.5) is 0 Å². The number of para-hydroxylation sites is 1. The van der Waals surface area contributed by atoms with Gasteiger partial charge >= 0.3 is 11.9 Å². The molecule has 0 aliphatic rings. The third kappa shape index (κ3) is 3.24. The van der Waals surface area contributed by atoms with E-state index in [4.69, 9.17) is 11.2 Å². The average Bonchev–Trinajstić information content (AvgIpc) is 2.48. The molecule has 2 aromatic carbocycles. The average molecular weight is 266 g/mol. The highest BCUT2D eigenvalue weighted by molar-refractivity contribution is 5.94. The van der Waals surface area contributed by atoms with Gasteiger partial charge in [-0.25, -0.2) is 9.59 Å². The summed E-state index contributed by atoms with van der Waals surface area (Å²) >= 11 is 0. The number of hydrogen-bond donors (Lipinski definition) is 0.